The Kier molecular flexibility index (Phi) is 3.05. The van der Waals surface area contributed by atoms with E-state index >= 15 is 0 Å². The molecule has 19 heavy (non-hydrogen) atoms. The molecule has 0 fully saturated rings. The summed E-state index contributed by atoms with van der Waals surface area (Å²) < 4.78 is 2.15. The molecule has 2 aromatic heterocycles. The highest BCUT2D eigenvalue weighted by Gasteiger charge is 2.07. The van der Waals surface area contributed by atoms with E-state index in [1.165, 1.54) is 5.56 Å². The predicted molar refractivity (Wildman–Crippen MR) is 75.9 cm³/mol. The van der Waals surface area contributed by atoms with Crippen molar-refractivity contribution < 1.29 is 5.11 Å². The van der Waals surface area contributed by atoms with Gasteiger partial charge >= 0.3 is 0 Å². The number of aryl methyl sites for hydroxylation is 1. The SMILES string of the molecule is Cc1cccnc1Cn1ccc2cccc(CO)c21. The number of benzene rings is 1. The van der Waals surface area contributed by atoms with Crippen LogP contribution >= 0.6 is 0 Å². The largest absolute Gasteiger partial charge is 0.392 e. The van der Waals surface area contributed by atoms with Gasteiger partial charge in [-0.25, -0.2) is 0 Å². The minimum atomic E-state index is 0.0581. The number of hydrogen-bond acceptors (Lipinski definition) is 2. The van der Waals surface area contributed by atoms with E-state index in [0.717, 1.165) is 28.7 Å². The summed E-state index contributed by atoms with van der Waals surface area (Å²) in [6.45, 7) is 2.86. The van der Waals surface area contributed by atoms with Gasteiger partial charge in [0, 0.05) is 18.0 Å². The van der Waals surface area contributed by atoms with Crippen LogP contribution in [-0.4, -0.2) is 14.7 Å². The molecule has 0 aliphatic heterocycles. The molecule has 96 valence electrons. The number of pyridine rings is 1. The van der Waals surface area contributed by atoms with Crippen LogP contribution in [0.25, 0.3) is 10.9 Å². The zero-order chi connectivity index (χ0) is 13.2. The Bertz CT molecular complexity index is 716. The Hall–Kier alpha value is -2.13. The van der Waals surface area contributed by atoms with Crippen LogP contribution in [0, 0.1) is 6.92 Å². The monoisotopic (exact) mass is 252 g/mol. The van der Waals surface area contributed by atoms with Gasteiger partial charge in [-0.1, -0.05) is 24.3 Å². The number of aliphatic hydroxyl groups is 1. The fraction of sp³-hybridized carbons (Fsp3) is 0.188. The van der Waals surface area contributed by atoms with Crippen LogP contribution in [0.15, 0.2) is 48.8 Å². The first kappa shape index (κ1) is 11.9. The summed E-state index contributed by atoms with van der Waals surface area (Å²) in [5.74, 6) is 0. The normalized spacial score (nSPS) is 11.1. The first-order valence-electron chi connectivity index (χ1n) is 6.37. The van der Waals surface area contributed by atoms with E-state index in [9.17, 15) is 5.11 Å². The van der Waals surface area contributed by atoms with Gasteiger partial charge < -0.3 is 9.67 Å². The summed E-state index contributed by atoms with van der Waals surface area (Å²) >= 11 is 0. The molecule has 0 spiro atoms. The number of aromatic nitrogens is 2. The third kappa shape index (κ3) is 2.13. The van der Waals surface area contributed by atoms with E-state index in [0.29, 0.717) is 0 Å². The molecule has 0 atom stereocenters. The summed E-state index contributed by atoms with van der Waals surface area (Å²) in [5, 5.41) is 10.6. The maximum atomic E-state index is 9.47. The topological polar surface area (TPSA) is 38.0 Å². The molecule has 0 aliphatic rings. The van der Waals surface area contributed by atoms with E-state index in [-0.39, 0.29) is 6.61 Å². The molecule has 3 heteroatoms. The fourth-order valence-corrected chi connectivity index (χ4v) is 2.45. The lowest BCUT2D eigenvalue weighted by molar-refractivity contribution is 0.283. The molecule has 0 saturated carbocycles. The van der Waals surface area contributed by atoms with Crippen LogP contribution in [0.4, 0.5) is 0 Å². The third-order valence-electron chi connectivity index (χ3n) is 3.48. The van der Waals surface area contributed by atoms with Gasteiger partial charge in [0.05, 0.1) is 24.4 Å². The summed E-state index contributed by atoms with van der Waals surface area (Å²) in [6.07, 6.45) is 3.87. The number of fused-ring (bicyclic) bond motifs is 1. The molecule has 0 bridgehead atoms. The predicted octanol–water partition coefficient (Wildman–Crippen LogP) is 2.89. The molecule has 1 N–H and O–H groups in total. The van der Waals surface area contributed by atoms with Gasteiger partial charge in [0.1, 0.15) is 0 Å². The summed E-state index contributed by atoms with van der Waals surface area (Å²) in [7, 11) is 0. The minimum absolute atomic E-state index is 0.0581. The molecule has 3 nitrogen and oxygen atoms in total. The molecule has 0 radical (unpaired) electrons. The summed E-state index contributed by atoms with van der Waals surface area (Å²) in [6, 6.07) is 12.1. The van der Waals surface area contributed by atoms with Crippen molar-refractivity contribution in [1.29, 1.82) is 0 Å². The third-order valence-corrected chi connectivity index (χ3v) is 3.48. The van der Waals surface area contributed by atoms with Crippen molar-refractivity contribution in [3.05, 3.63) is 65.6 Å². The van der Waals surface area contributed by atoms with E-state index < -0.39 is 0 Å². The van der Waals surface area contributed by atoms with Gasteiger partial charge in [0.25, 0.3) is 0 Å². The van der Waals surface area contributed by atoms with Crippen LogP contribution in [0.2, 0.25) is 0 Å². The molecule has 0 saturated heterocycles. The highest BCUT2D eigenvalue weighted by molar-refractivity contribution is 5.83. The van der Waals surface area contributed by atoms with Crippen LogP contribution in [0.3, 0.4) is 0 Å². The van der Waals surface area contributed by atoms with Crippen molar-refractivity contribution in [3.63, 3.8) is 0 Å². The maximum absolute atomic E-state index is 9.47. The van der Waals surface area contributed by atoms with Crippen LogP contribution in [0.1, 0.15) is 16.8 Å². The highest BCUT2D eigenvalue weighted by atomic mass is 16.3. The smallest absolute Gasteiger partial charge is 0.0702 e. The average Bonchev–Trinajstić information content (AvgIpc) is 2.85. The van der Waals surface area contributed by atoms with Crippen LogP contribution < -0.4 is 0 Å². The zero-order valence-corrected chi connectivity index (χ0v) is 10.9. The molecule has 2 heterocycles. The second-order valence-corrected chi connectivity index (χ2v) is 4.72. The quantitative estimate of drug-likeness (QED) is 0.778. The number of para-hydroxylation sites is 1. The van der Waals surface area contributed by atoms with Gasteiger partial charge in [-0.15, -0.1) is 0 Å². The van der Waals surface area contributed by atoms with Crippen molar-refractivity contribution in [2.24, 2.45) is 0 Å². The van der Waals surface area contributed by atoms with Crippen molar-refractivity contribution >= 4 is 10.9 Å². The first-order valence-corrected chi connectivity index (χ1v) is 6.37. The van der Waals surface area contributed by atoms with Crippen LogP contribution in [0.5, 0.6) is 0 Å². The number of aliphatic hydroxyl groups excluding tert-OH is 1. The lowest BCUT2D eigenvalue weighted by Gasteiger charge is -2.09. The second-order valence-electron chi connectivity index (χ2n) is 4.72. The minimum Gasteiger partial charge on any atom is -0.392 e. The van der Waals surface area contributed by atoms with E-state index in [2.05, 4.69) is 40.9 Å². The number of nitrogens with zero attached hydrogens (tertiary/aromatic N) is 2. The summed E-state index contributed by atoms with van der Waals surface area (Å²) in [4.78, 5) is 4.43. The van der Waals surface area contributed by atoms with Crippen molar-refractivity contribution in [3.8, 4) is 0 Å². The maximum Gasteiger partial charge on any atom is 0.0702 e. The molecular formula is C16H16N2O. The second kappa shape index (κ2) is 4.86. The standard InChI is InChI=1S/C16H16N2O/c1-12-4-3-8-17-15(12)10-18-9-7-13-5-2-6-14(11-19)16(13)18/h2-9,19H,10-11H2,1H3. The number of hydrogen-bond donors (Lipinski definition) is 1. The molecular weight excluding hydrogens is 236 g/mol. The van der Waals surface area contributed by atoms with Gasteiger partial charge in [0.15, 0.2) is 0 Å². The van der Waals surface area contributed by atoms with Gasteiger partial charge in [-0.3, -0.25) is 4.98 Å². The highest BCUT2D eigenvalue weighted by Crippen LogP contribution is 2.21. The Labute approximate surface area is 112 Å². The molecule has 1 aromatic carbocycles. The zero-order valence-electron chi connectivity index (χ0n) is 10.9. The average molecular weight is 252 g/mol. The van der Waals surface area contributed by atoms with Crippen LogP contribution in [-0.2, 0) is 13.2 Å². The van der Waals surface area contributed by atoms with Crippen molar-refractivity contribution in [1.82, 2.24) is 9.55 Å². The van der Waals surface area contributed by atoms with Gasteiger partial charge in [-0.2, -0.15) is 0 Å². The van der Waals surface area contributed by atoms with Gasteiger partial charge in [-0.05, 0) is 30.0 Å². The van der Waals surface area contributed by atoms with Gasteiger partial charge in [0.2, 0.25) is 0 Å². The first-order chi connectivity index (χ1) is 9.29. The number of rotatable bonds is 3. The van der Waals surface area contributed by atoms with Crippen molar-refractivity contribution in [2.75, 3.05) is 0 Å². The summed E-state index contributed by atoms with van der Waals surface area (Å²) in [5.41, 5.74) is 4.30. The molecule has 3 aromatic rings. The molecule has 0 aliphatic carbocycles. The Morgan fingerprint density at radius 1 is 1.16 bits per heavy atom. The molecule has 0 amide bonds. The lowest BCUT2D eigenvalue weighted by Crippen LogP contribution is -2.03. The lowest BCUT2D eigenvalue weighted by atomic mass is 10.1. The molecule has 3 rings (SSSR count). The Morgan fingerprint density at radius 3 is 2.84 bits per heavy atom. The van der Waals surface area contributed by atoms with E-state index in [1.807, 2.05) is 24.4 Å². The van der Waals surface area contributed by atoms with E-state index in [4.69, 9.17) is 0 Å². The fourth-order valence-electron chi connectivity index (χ4n) is 2.45. The molecule has 0 unspecified atom stereocenters. The van der Waals surface area contributed by atoms with Crippen molar-refractivity contribution in [2.45, 2.75) is 20.1 Å². The Balaban J connectivity index is 2.09. The Morgan fingerprint density at radius 2 is 2.05 bits per heavy atom. The van der Waals surface area contributed by atoms with E-state index in [1.54, 1.807) is 0 Å².